The molecule has 30 heavy (non-hydrogen) atoms. The Hall–Kier alpha value is -3.04. The van der Waals surface area contributed by atoms with Gasteiger partial charge in [0.05, 0.1) is 5.02 Å². The summed E-state index contributed by atoms with van der Waals surface area (Å²) >= 11 is 7.10. The minimum Gasteiger partial charge on any atom is -0.482 e. The first-order valence-corrected chi connectivity index (χ1v) is 10.3. The summed E-state index contributed by atoms with van der Waals surface area (Å²) in [6.45, 7) is 2.19. The fourth-order valence-corrected chi connectivity index (χ4v) is 3.51. The number of halogens is 1. The summed E-state index contributed by atoms with van der Waals surface area (Å²) in [5, 5.41) is 12.6. The van der Waals surface area contributed by atoms with Crippen molar-refractivity contribution in [1.82, 2.24) is 20.8 Å². The molecule has 8 nitrogen and oxygen atoms in total. The lowest BCUT2D eigenvalue weighted by molar-refractivity contribution is -0.119. The Labute approximate surface area is 182 Å². The van der Waals surface area contributed by atoms with Crippen molar-refractivity contribution < 1.29 is 18.7 Å². The average molecular weight is 447 g/mol. The van der Waals surface area contributed by atoms with Gasteiger partial charge in [0.1, 0.15) is 11.0 Å². The minimum absolute atomic E-state index is 0.0262. The highest BCUT2D eigenvalue weighted by atomic mass is 35.5. The number of imide groups is 1. The van der Waals surface area contributed by atoms with Crippen LogP contribution in [0.25, 0.3) is 0 Å². The highest BCUT2D eigenvalue weighted by molar-refractivity contribution is 8.00. The van der Waals surface area contributed by atoms with E-state index in [-0.39, 0.29) is 17.7 Å². The van der Waals surface area contributed by atoms with Crippen molar-refractivity contribution in [3.05, 3.63) is 71.1 Å². The molecule has 2 N–H and O–H groups in total. The van der Waals surface area contributed by atoms with E-state index >= 15 is 0 Å². The number of nitrogens with one attached hydrogen (secondary N) is 2. The van der Waals surface area contributed by atoms with Gasteiger partial charge in [-0.25, -0.2) is 4.79 Å². The molecular weight excluding hydrogens is 428 g/mol. The largest absolute Gasteiger partial charge is 0.482 e. The maximum atomic E-state index is 12.7. The molecule has 3 rings (SSSR count). The van der Waals surface area contributed by atoms with Crippen molar-refractivity contribution in [3.8, 4) is 5.75 Å². The molecular formula is C20H19ClN4O4S. The highest BCUT2D eigenvalue weighted by Gasteiger charge is 2.26. The molecule has 156 valence electrons. The summed E-state index contributed by atoms with van der Waals surface area (Å²) in [4.78, 5) is 24.4. The van der Waals surface area contributed by atoms with Crippen molar-refractivity contribution in [2.75, 3.05) is 6.54 Å². The van der Waals surface area contributed by atoms with Crippen LogP contribution in [0.1, 0.15) is 23.6 Å². The number of aromatic nitrogens is 2. The Morgan fingerprint density at radius 2 is 1.87 bits per heavy atom. The molecule has 0 bridgehead atoms. The van der Waals surface area contributed by atoms with Crippen LogP contribution in [-0.2, 0) is 11.4 Å². The Kier molecular flexibility index (Phi) is 7.69. The third-order valence-corrected chi connectivity index (χ3v) is 5.17. The Morgan fingerprint density at radius 3 is 2.60 bits per heavy atom. The van der Waals surface area contributed by atoms with Crippen molar-refractivity contribution in [3.63, 3.8) is 0 Å². The van der Waals surface area contributed by atoms with Gasteiger partial charge < -0.3 is 14.5 Å². The zero-order chi connectivity index (χ0) is 21.3. The summed E-state index contributed by atoms with van der Waals surface area (Å²) in [5.74, 6) is 0.229. The quantitative estimate of drug-likeness (QED) is 0.504. The molecule has 0 spiro atoms. The predicted octanol–water partition coefficient (Wildman–Crippen LogP) is 3.98. The second kappa shape index (κ2) is 10.7. The maximum absolute atomic E-state index is 12.7. The third kappa shape index (κ3) is 5.98. The summed E-state index contributed by atoms with van der Waals surface area (Å²) in [7, 11) is 0. The lowest BCUT2D eigenvalue weighted by Gasteiger charge is -2.14. The smallest absolute Gasteiger partial charge is 0.321 e. The van der Waals surface area contributed by atoms with E-state index in [1.54, 1.807) is 55.5 Å². The molecule has 3 amide bonds. The number of hydrogen-bond acceptors (Lipinski definition) is 7. The average Bonchev–Trinajstić information content (AvgIpc) is 3.19. The summed E-state index contributed by atoms with van der Waals surface area (Å²) in [5.41, 5.74) is 0.691. The molecule has 0 aliphatic heterocycles. The first-order valence-electron chi connectivity index (χ1n) is 9.06. The number of nitrogens with zero attached hydrogens (tertiary/aromatic N) is 2. The van der Waals surface area contributed by atoms with Crippen LogP contribution in [0.2, 0.25) is 5.02 Å². The van der Waals surface area contributed by atoms with Crippen molar-refractivity contribution >= 4 is 35.3 Å². The molecule has 3 aromatic rings. The van der Waals surface area contributed by atoms with E-state index in [1.165, 1.54) is 0 Å². The molecule has 1 heterocycles. The van der Waals surface area contributed by atoms with Gasteiger partial charge in [0.25, 0.3) is 11.1 Å². The topological polar surface area (TPSA) is 106 Å². The number of carbonyl (C=O) groups excluding carboxylic acids is 2. The third-order valence-electron chi connectivity index (χ3n) is 3.77. The number of hydrogen-bond donors (Lipinski definition) is 2. The molecule has 0 aliphatic rings. The summed E-state index contributed by atoms with van der Waals surface area (Å²) in [6.07, 6.45) is 0. The lowest BCUT2D eigenvalue weighted by atomic mass is 10.1. The van der Waals surface area contributed by atoms with E-state index < -0.39 is 17.2 Å². The van der Waals surface area contributed by atoms with Gasteiger partial charge in [0.2, 0.25) is 5.91 Å². The van der Waals surface area contributed by atoms with E-state index in [1.807, 2.05) is 6.07 Å². The van der Waals surface area contributed by atoms with Gasteiger partial charge in [-0.3, -0.25) is 10.1 Å². The van der Waals surface area contributed by atoms with Crippen LogP contribution < -0.4 is 15.4 Å². The number of para-hydroxylation sites is 1. The van der Waals surface area contributed by atoms with Gasteiger partial charge in [0, 0.05) is 6.54 Å². The molecule has 0 saturated heterocycles. The number of rotatable bonds is 8. The maximum Gasteiger partial charge on any atom is 0.321 e. The fraction of sp³-hybridized carbons (Fsp3) is 0.200. The standard InChI is InChI=1S/C20H19ClN4O4S/c1-2-22-19(27)23-18(26)17(13-8-4-3-5-9-13)30-20-25-24-16(29-20)12-28-15-11-7-6-10-14(15)21/h3-11,17H,2,12H2,1H3,(H2,22,23,26,27). The van der Waals surface area contributed by atoms with Gasteiger partial charge >= 0.3 is 6.03 Å². The molecule has 1 atom stereocenters. The summed E-state index contributed by atoms with van der Waals surface area (Å²) < 4.78 is 11.2. The minimum atomic E-state index is -0.758. The van der Waals surface area contributed by atoms with Crippen LogP contribution in [0, 0.1) is 0 Å². The van der Waals surface area contributed by atoms with E-state index in [2.05, 4.69) is 20.8 Å². The number of thioether (sulfide) groups is 1. The number of amides is 3. The number of urea groups is 1. The first-order chi connectivity index (χ1) is 14.6. The van der Waals surface area contributed by atoms with Gasteiger partial charge in [-0.1, -0.05) is 54.1 Å². The van der Waals surface area contributed by atoms with E-state index in [0.717, 1.165) is 11.8 Å². The second-order valence-corrected chi connectivity index (χ2v) is 7.40. The lowest BCUT2D eigenvalue weighted by Crippen LogP contribution is -2.41. The molecule has 2 aromatic carbocycles. The van der Waals surface area contributed by atoms with Crippen LogP contribution in [0.15, 0.2) is 64.2 Å². The molecule has 1 unspecified atom stereocenters. The van der Waals surface area contributed by atoms with Gasteiger partial charge in [-0.05, 0) is 36.4 Å². The SMILES string of the molecule is CCNC(=O)NC(=O)C(Sc1nnc(COc2ccccc2Cl)o1)c1ccccc1. The zero-order valence-electron chi connectivity index (χ0n) is 16.0. The fourth-order valence-electron chi connectivity index (χ4n) is 2.43. The van der Waals surface area contributed by atoms with E-state index in [0.29, 0.717) is 22.9 Å². The van der Waals surface area contributed by atoms with Gasteiger partial charge in [-0.2, -0.15) is 0 Å². The van der Waals surface area contributed by atoms with Crippen LogP contribution in [0.3, 0.4) is 0 Å². The summed E-state index contributed by atoms with van der Waals surface area (Å²) in [6, 6.07) is 15.5. The molecule has 0 radical (unpaired) electrons. The van der Waals surface area contributed by atoms with Crippen molar-refractivity contribution in [2.24, 2.45) is 0 Å². The Bertz CT molecular complexity index is 999. The van der Waals surface area contributed by atoms with Gasteiger partial charge in [-0.15, -0.1) is 10.2 Å². The molecule has 0 saturated carbocycles. The number of ether oxygens (including phenoxy) is 1. The van der Waals surface area contributed by atoms with Crippen LogP contribution in [0.5, 0.6) is 5.75 Å². The number of benzene rings is 2. The number of carbonyl (C=O) groups is 2. The first kappa shape index (κ1) is 21.7. The molecule has 0 aliphatic carbocycles. The molecule has 1 aromatic heterocycles. The molecule has 10 heteroatoms. The van der Waals surface area contributed by atoms with E-state index in [4.69, 9.17) is 20.8 Å². The van der Waals surface area contributed by atoms with Crippen molar-refractivity contribution in [2.45, 2.75) is 24.0 Å². The van der Waals surface area contributed by atoms with Gasteiger partial charge in [0.15, 0.2) is 6.61 Å². The van der Waals surface area contributed by atoms with Crippen LogP contribution >= 0.6 is 23.4 Å². The van der Waals surface area contributed by atoms with Crippen molar-refractivity contribution in [1.29, 1.82) is 0 Å². The van der Waals surface area contributed by atoms with Crippen LogP contribution in [-0.4, -0.2) is 28.7 Å². The Morgan fingerprint density at radius 1 is 1.13 bits per heavy atom. The second-order valence-electron chi connectivity index (χ2n) is 5.94. The monoisotopic (exact) mass is 446 g/mol. The van der Waals surface area contributed by atoms with Crippen LogP contribution in [0.4, 0.5) is 4.79 Å². The zero-order valence-corrected chi connectivity index (χ0v) is 17.6. The highest BCUT2D eigenvalue weighted by Crippen LogP contribution is 2.35. The molecule has 0 fully saturated rings. The predicted molar refractivity (Wildman–Crippen MR) is 112 cm³/mol. The Balaban J connectivity index is 1.69. The normalized spacial score (nSPS) is 11.5. The van der Waals surface area contributed by atoms with E-state index in [9.17, 15) is 9.59 Å².